The van der Waals surface area contributed by atoms with Gasteiger partial charge >= 0.3 is 11.9 Å². The van der Waals surface area contributed by atoms with E-state index in [2.05, 4.69) is 19.7 Å². The summed E-state index contributed by atoms with van der Waals surface area (Å²) in [5.41, 5.74) is 0.813. The Labute approximate surface area is 122 Å². The number of ether oxygens (including phenoxy) is 2. The number of carbonyl (C=O) groups is 2. The zero-order valence-corrected chi connectivity index (χ0v) is 12.3. The van der Waals surface area contributed by atoms with Crippen LogP contribution in [0.5, 0.6) is 0 Å². The number of rotatable bonds is 4. The molecule has 0 unspecified atom stereocenters. The van der Waals surface area contributed by atoms with Crippen molar-refractivity contribution in [3.8, 4) is 0 Å². The van der Waals surface area contributed by atoms with E-state index in [4.69, 9.17) is 0 Å². The lowest BCUT2D eigenvalue weighted by Crippen LogP contribution is -1.98. The van der Waals surface area contributed by atoms with Gasteiger partial charge in [0.25, 0.3) is 0 Å². The molecule has 2 heterocycles. The van der Waals surface area contributed by atoms with Crippen molar-refractivity contribution in [1.82, 2.24) is 0 Å². The maximum atomic E-state index is 11.5. The molecule has 0 N–H and O–H groups in total. The molecule has 20 heavy (non-hydrogen) atoms. The first-order chi connectivity index (χ1) is 9.67. The number of carbonyl (C=O) groups excluding carboxylic acids is 2. The fraction of sp³-hybridized carbons (Fsp3) is 0.167. The highest BCUT2D eigenvalue weighted by molar-refractivity contribution is 7.12. The van der Waals surface area contributed by atoms with Crippen molar-refractivity contribution >= 4 is 46.0 Å². The fourth-order valence-electron chi connectivity index (χ4n) is 1.36. The Morgan fingerprint density at radius 3 is 1.65 bits per heavy atom. The third-order valence-corrected chi connectivity index (χ3v) is 4.06. The first-order valence-corrected chi connectivity index (χ1v) is 7.16. The van der Waals surface area contributed by atoms with Gasteiger partial charge in [-0.1, -0.05) is 0 Å². The molecule has 104 valence electrons. The van der Waals surface area contributed by atoms with E-state index in [1.807, 2.05) is 0 Å². The summed E-state index contributed by atoms with van der Waals surface area (Å²) < 4.78 is 9.30. The van der Waals surface area contributed by atoms with E-state index in [0.29, 0.717) is 21.1 Å². The molecule has 0 amide bonds. The fourth-order valence-corrected chi connectivity index (χ4v) is 2.85. The molecular weight excluding hydrogens is 300 g/mol. The Bertz CT molecular complexity index is 604. The van der Waals surface area contributed by atoms with Crippen molar-refractivity contribution in [2.45, 2.75) is 0 Å². The van der Waals surface area contributed by atoms with Crippen molar-refractivity contribution < 1.29 is 19.1 Å². The van der Waals surface area contributed by atoms with Crippen LogP contribution in [0.1, 0.15) is 19.3 Å². The van der Waals surface area contributed by atoms with E-state index in [1.54, 1.807) is 22.9 Å². The molecule has 2 rings (SSSR count). The number of nitrogens with zero attached hydrogens (tertiary/aromatic N) is 2. The van der Waals surface area contributed by atoms with E-state index in [-0.39, 0.29) is 0 Å². The van der Waals surface area contributed by atoms with Gasteiger partial charge in [0.2, 0.25) is 0 Å². The number of hydrogen-bond acceptors (Lipinski definition) is 8. The summed E-state index contributed by atoms with van der Waals surface area (Å²) in [7, 11) is 2.61. The van der Waals surface area contributed by atoms with E-state index >= 15 is 0 Å². The van der Waals surface area contributed by atoms with Gasteiger partial charge < -0.3 is 9.47 Å². The largest absolute Gasteiger partial charge is 0.465 e. The van der Waals surface area contributed by atoms with Gasteiger partial charge in [-0.05, 0) is 22.9 Å². The second kappa shape index (κ2) is 6.40. The number of hydrogen-bond donors (Lipinski definition) is 0. The summed E-state index contributed by atoms with van der Waals surface area (Å²) in [6.45, 7) is 0. The van der Waals surface area contributed by atoms with Crippen LogP contribution in [0.2, 0.25) is 0 Å². The molecule has 0 aliphatic rings. The predicted molar refractivity (Wildman–Crippen MR) is 75.5 cm³/mol. The van der Waals surface area contributed by atoms with Crippen LogP contribution < -0.4 is 0 Å². The normalized spacial score (nSPS) is 10.7. The summed E-state index contributed by atoms with van der Waals surface area (Å²) >= 11 is 2.43. The van der Waals surface area contributed by atoms with Crippen LogP contribution in [0.3, 0.4) is 0 Å². The molecule has 2 aromatic rings. The Hall–Kier alpha value is -2.06. The van der Waals surface area contributed by atoms with Gasteiger partial charge in [-0.2, -0.15) is 0 Å². The minimum absolute atomic E-state index is 0.367. The molecule has 0 aromatic carbocycles. The molecule has 6 nitrogen and oxygen atoms in total. The molecule has 0 aliphatic carbocycles. The topological polar surface area (TPSA) is 77.3 Å². The van der Waals surface area contributed by atoms with Crippen molar-refractivity contribution in [2.75, 3.05) is 14.2 Å². The summed E-state index contributed by atoms with van der Waals surface area (Å²) in [5.74, 6) is -0.931. The van der Waals surface area contributed by atoms with Crippen molar-refractivity contribution in [2.24, 2.45) is 10.2 Å². The molecule has 0 spiro atoms. The van der Waals surface area contributed by atoms with Crippen LogP contribution in [-0.4, -0.2) is 26.2 Å². The van der Waals surface area contributed by atoms with Gasteiger partial charge in [0.15, 0.2) is 0 Å². The molecular formula is C12H10N2O4S2. The molecule has 0 saturated carbocycles. The second-order valence-corrected chi connectivity index (χ2v) is 5.29. The number of thiophene rings is 2. The van der Waals surface area contributed by atoms with E-state index in [0.717, 1.165) is 0 Å². The summed E-state index contributed by atoms with van der Waals surface area (Å²) in [5, 5.41) is 11.4. The van der Waals surface area contributed by atoms with Gasteiger partial charge in [-0.25, -0.2) is 9.59 Å². The first-order valence-electron chi connectivity index (χ1n) is 5.40. The predicted octanol–water partition coefficient (Wildman–Crippen LogP) is 3.80. The van der Waals surface area contributed by atoms with Crippen LogP contribution >= 0.6 is 22.7 Å². The van der Waals surface area contributed by atoms with Crippen molar-refractivity contribution in [3.05, 3.63) is 32.6 Å². The highest BCUT2D eigenvalue weighted by atomic mass is 32.1. The van der Waals surface area contributed by atoms with Gasteiger partial charge in [-0.3, -0.25) is 0 Å². The second-order valence-electron chi connectivity index (χ2n) is 3.45. The van der Waals surface area contributed by atoms with Crippen molar-refractivity contribution in [1.29, 1.82) is 0 Å². The Kier molecular flexibility index (Phi) is 4.59. The number of methoxy groups -OCH3 is 2. The average molecular weight is 310 g/mol. The van der Waals surface area contributed by atoms with Crippen LogP contribution in [0.4, 0.5) is 11.4 Å². The Morgan fingerprint density at radius 1 is 0.900 bits per heavy atom. The van der Waals surface area contributed by atoms with Gasteiger partial charge in [0, 0.05) is 0 Å². The summed E-state index contributed by atoms with van der Waals surface area (Å²) in [4.78, 5) is 23.7. The summed E-state index contributed by atoms with van der Waals surface area (Å²) in [6.07, 6.45) is 0. The number of azo groups is 1. The van der Waals surface area contributed by atoms with E-state index in [1.165, 1.54) is 36.9 Å². The first kappa shape index (κ1) is 14.4. The quantitative estimate of drug-likeness (QED) is 0.635. The monoisotopic (exact) mass is 310 g/mol. The molecule has 2 aromatic heterocycles. The van der Waals surface area contributed by atoms with Gasteiger partial charge in [0.1, 0.15) is 21.1 Å². The molecule has 0 atom stereocenters. The SMILES string of the molecule is COC(=O)c1sccc1N=Nc1ccsc1C(=O)OC. The van der Waals surface area contributed by atoms with Crippen LogP contribution in [-0.2, 0) is 9.47 Å². The minimum Gasteiger partial charge on any atom is -0.465 e. The number of esters is 2. The molecule has 0 fully saturated rings. The van der Waals surface area contributed by atoms with Crippen LogP contribution in [0, 0.1) is 0 Å². The zero-order valence-electron chi connectivity index (χ0n) is 10.7. The van der Waals surface area contributed by atoms with Crippen LogP contribution in [0.25, 0.3) is 0 Å². The lowest BCUT2D eigenvalue weighted by atomic mass is 10.4. The lowest BCUT2D eigenvalue weighted by Gasteiger charge is -1.97. The third kappa shape index (κ3) is 2.91. The highest BCUT2D eigenvalue weighted by Gasteiger charge is 2.15. The Morgan fingerprint density at radius 2 is 1.30 bits per heavy atom. The van der Waals surface area contributed by atoms with E-state index < -0.39 is 11.9 Å². The smallest absolute Gasteiger partial charge is 0.350 e. The average Bonchev–Trinajstić information content (AvgIpc) is 3.11. The standard InChI is InChI=1S/C12H10N2O4S2/c1-17-11(15)9-7(3-5-19-9)13-14-8-4-6-20-10(8)12(16)18-2/h3-6H,1-2H3. The third-order valence-electron chi connectivity index (χ3n) is 2.30. The highest BCUT2D eigenvalue weighted by Crippen LogP contribution is 2.31. The van der Waals surface area contributed by atoms with Gasteiger partial charge in [-0.15, -0.1) is 32.9 Å². The summed E-state index contributed by atoms with van der Waals surface area (Å²) in [6, 6.07) is 3.31. The molecule has 0 saturated heterocycles. The van der Waals surface area contributed by atoms with Crippen LogP contribution in [0.15, 0.2) is 33.1 Å². The molecule has 8 heteroatoms. The maximum Gasteiger partial charge on any atom is 0.350 e. The minimum atomic E-state index is -0.465. The molecule has 0 bridgehead atoms. The van der Waals surface area contributed by atoms with Gasteiger partial charge in [0.05, 0.1) is 14.2 Å². The van der Waals surface area contributed by atoms with E-state index in [9.17, 15) is 9.59 Å². The zero-order chi connectivity index (χ0) is 14.5. The lowest BCUT2D eigenvalue weighted by molar-refractivity contribution is 0.0597. The molecule has 0 radical (unpaired) electrons. The maximum absolute atomic E-state index is 11.5. The molecule has 0 aliphatic heterocycles. The Balaban J connectivity index is 2.27. The van der Waals surface area contributed by atoms with Crippen molar-refractivity contribution in [3.63, 3.8) is 0 Å².